The quantitative estimate of drug-likeness (QED) is 0.831. The zero-order chi connectivity index (χ0) is 12.4. The lowest BCUT2D eigenvalue weighted by Crippen LogP contribution is -2.44. The molecule has 18 heavy (non-hydrogen) atoms. The second-order valence-corrected chi connectivity index (χ2v) is 5.91. The van der Waals surface area contributed by atoms with Crippen LogP contribution in [0.2, 0.25) is 0 Å². The molecule has 0 N–H and O–H groups in total. The fourth-order valence-corrected chi connectivity index (χ4v) is 2.63. The van der Waals surface area contributed by atoms with Gasteiger partial charge in [-0.25, -0.2) is 0 Å². The Kier molecular flexibility index (Phi) is 3.10. The summed E-state index contributed by atoms with van der Waals surface area (Å²) in [6, 6.07) is 10.4. The van der Waals surface area contributed by atoms with Crippen molar-refractivity contribution in [3.8, 4) is 16.9 Å². The third-order valence-corrected chi connectivity index (χ3v) is 3.88. The molecule has 1 aliphatic rings. The van der Waals surface area contributed by atoms with Gasteiger partial charge < -0.3 is 9.47 Å². The number of rotatable bonds is 4. The van der Waals surface area contributed by atoms with Gasteiger partial charge in [-0.2, -0.15) is 11.3 Å². The van der Waals surface area contributed by atoms with Gasteiger partial charge in [0.05, 0.1) is 19.8 Å². The highest BCUT2D eigenvalue weighted by Gasteiger charge is 2.34. The first-order valence-electron chi connectivity index (χ1n) is 6.08. The van der Waals surface area contributed by atoms with Crippen LogP contribution in [0.4, 0.5) is 0 Å². The summed E-state index contributed by atoms with van der Waals surface area (Å²) >= 11 is 1.72. The van der Waals surface area contributed by atoms with Crippen molar-refractivity contribution in [1.82, 2.24) is 0 Å². The predicted molar refractivity (Wildman–Crippen MR) is 74.2 cm³/mol. The first-order chi connectivity index (χ1) is 8.75. The van der Waals surface area contributed by atoms with Gasteiger partial charge in [0.25, 0.3) is 0 Å². The van der Waals surface area contributed by atoms with E-state index in [1.165, 1.54) is 11.1 Å². The van der Waals surface area contributed by atoms with E-state index in [4.69, 9.17) is 9.47 Å². The predicted octanol–water partition coefficient (Wildman–Crippen LogP) is 3.83. The minimum absolute atomic E-state index is 0.200. The lowest BCUT2D eigenvalue weighted by atomic mass is 9.90. The lowest BCUT2D eigenvalue weighted by Gasteiger charge is -2.37. The molecule has 1 saturated heterocycles. The minimum Gasteiger partial charge on any atom is -0.493 e. The van der Waals surface area contributed by atoms with E-state index in [1.807, 2.05) is 12.1 Å². The molecule has 3 heteroatoms. The second-order valence-electron chi connectivity index (χ2n) is 5.13. The van der Waals surface area contributed by atoms with E-state index < -0.39 is 0 Å². The molecule has 1 aromatic heterocycles. The molecule has 2 heterocycles. The van der Waals surface area contributed by atoms with Gasteiger partial charge in [0.15, 0.2) is 0 Å². The third kappa shape index (κ3) is 2.42. The zero-order valence-electron chi connectivity index (χ0n) is 10.4. The van der Waals surface area contributed by atoms with Crippen LogP contribution in [0.3, 0.4) is 0 Å². The Labute approximate surface area is 111 Å². The van der Waals surface area contributed by atoms with Gasteiger partial charge in [-0.3, -0.25) is 0 Å². The summed E-state index contributed by atoms with van der Waals surface area (Å²) in [4.78, 5) is 0. The Bertz CT molecular complexity index is 498. The van der Waals surface area contributed by atoms with Gasteiger partial charge in [0, 0.05) is 5.41 Å². The molecular formula is C15H16O2S. The van der Waals surface area contributed by atoms with Crippen LogP contribution in [-0.4, -0.2) is 19.8 Å². The fraction of sp³-hybridized carbons (Fsp3) is 0.333. The zero-order valence-corrected chi connectivity index (χ0v) is 11.2. The lowest BCUT2D eigenvalue weighted by molar-refractivity contribution is -0.120. The first-order valence-corrected chi connectivity index (χ1v) is 7.03. The second kappa shape index (κ2) is 4.75. The smallest absolute Gasteiger partial charge is 0.119 e. The Balaban J connectivity index is 1.64. The third-order valence-electron chi connectivity index (χ3n) is 3.20. The van der Waals surface area contributed by atoms with Gasteiger partial charge in [-0.1, -0.05) is 19.1 Å². The van der Waals surface area contributed by atoms with Crippen molar-refractivity contribution in [2.45, 2.75) is 6.92 Å². The Hall–Kier alpha value is -1.32. The molecule has 1 aliphatic heterocycles. The topological polar surface area (TPSA) is 18.5 Å². The molecular weight excluding hydrogens is 244 g/mol. The van der Waals surface area contributed by atoms with Crippen LogP contribution >= 0.6 is 11.3 Å². The Morgan fingerprint density at radius 2 is 1.94 bits per heavy atom. The van der Waals surface area contributed by atoms with Crippen LogP contribution in [0.5, 0.6) is 5.75 Å². The maximum Gasteiger partial charge on any atom is 0.119 e. The van der Waals surface area contributed by atoms with Crippen molar-refractivity contribution in [3.05, 3.63) is 41.1 Å². The van der Waals surface area contributed by atoms with Crippen molar-refractivity contribution in [2.75, 3.05) is 19.8 Å². The van der Waals surface area contributed by atoms with Crippen molar-refractivity contribution in [3.63, 3.8) is 0 Å². The number of hydrogen-bond acceptors (Lipinski definition) is 3. The number of hydrogen-bond donors (Lipinski definition) is 0. The molecule has 1 fully saturated rings. The molecule has 2 nitrogen and oxygen atoms in total. The van der Waals surface area contributed by atoms with Crippen LogP contribution in [0.25, 0.3) is 11.1 Å². The summed E-state index contributed by atoms with van der Waals surface area (Å²) in [7, 11) is 0. The summed E-state index contributed by atoms with van der Waals surface area (Å²) in [5.41, 5.74) is 2.71. The van der Waals surface area contributed by atoms with Crippen molar-refractivity contribution in [1.29, 1.82) is 0 Å². The van der Waals surface area contributed by atoms with Crippen LogP contribution in [0.1, 0.15) is 6.92 Å². The van der Waals surface area contributed by atoms with Gasteiger partial charge in [-0.05, 0) is 40.1 Å². The Morgan fingerprint density at radius 3 is 2.50 bits per heavy atom. The SMILES string of the molecule is CC1(COc2ccc(-c3ccsc3)cc2)COC1. The average Bonchev–Trinajstić information content (AvgIpc) is 2.88. The molecule has 3 rings (SSSR count). The normalized spacial score (nSPS) is 17.2. The standard InChI is InChI=1S/C15H16O2S/c1-15(9-16-10-15)11-17-14-4-2-12(3-5-14)13-6-7-18-8-13/h2-8H,9-11H2,1H3. The van der Waals surface area contributed by atoms with Crippen molar-refractivity contribution >= 4 is 11.3 Å². The van der Waals surface area contributed by atoms with Gasteiger partial charge in [0.2, 0.25) is 0 Å². The van der Waals surface area contributed by atoms with E-state index in [1.54, 1.807) is 11.3 Å². The summed E-state index contributed by atoms with van der Waals surface area (Å²) < 4.78 is 11.0. The van der Waals surface area contributed by atoms with Gasteiger partial charge in [-0.15, -0.1) is 0 Å². The molecule has 1 aromatic carbocycles. The largest absolute Gasteiger partial charge is 0.493 e. The van der Waals surface area contributed by atoms with Crippen LogP contribution in [0.15, 0.2) is 41.1 Å². The monoisotopic (exact) mass is 260 g/mol. The molecule has 0 spiro atoms. The molecule has 0 amide bonds. The molecule has 2 aromatic rings. The maximum atomic E-state index is 5.81. The van der Waals surface area contributed by atoms with Crippen molar-refractivity contribution < 1.29 is 9.47 Å². The molecule has 0 radical (unpaired) electrons. The average molecular weight is 260 g/mol. The Morgan fingerprint density at radius 1 is 1.17 bits per heavy atom. The van der Waals surface area contributed by atoms with Crippen LogP contribution in [0, 0.1) is 5.41 Å². The summed E-state index contributed by atoms with van der Waals surface area (Å²) in [5, 5.41) is 4.25. The molecule has 0 unspecified atom stereocenters. The van der Waals surface area contributed by atoms with Crippen LogP contribution < -0.4 is 4.74 Å². The van der Waals surface area contributed by atoms with E-state index in [-0.39, 0.29) is 5.41 Å². The molecule has 0 aliphatic carbocycles. The van der Waals surface area contributed by atoms with E-state index in [2.05, 4.69) is 35.9 Å². The maximum absolute atomic E-state index is 5.81. The van der Waals surface area contributed by atoms with E-state index >= 15 is 0 Å². The van der Waals surface area contributed by atoms with Gasteiger partial charge in [0.1, 0.15) is 5.75 Å². The highest BCUT2D eigenvalue weighted by atomic mass is 32.1. The summed E-state index contributed by atoms with van der Waals surface area (Å²) in [5.74, 6) is 0.933. The minimum atomic E-state index is 0.200. The van der Waals surface area contributed by atoms with Gasteiger partial charge >= 0.3 is 0 Å². The van der Waals surface area contributed by atoms with Crippen LogP contribution in [-0.2, 0) is 4.74 Å². The van der Waals surface area contributed by atoms with E-state index in [9.17, 15) is 0 Å². The van der Waals surface area contributed by atoms with Crippen molar-refractivity contribution in [2.24, 2.45) is 5.41 Å². The van der Waals surface area contributed by atoms with E-state index in [0.29, 0.717) is 0 Å². The molecule has 0 bridgehead atoms. The number of benzene rings is 1. The molecule has 0 saturated carbocycles. The molecule has 94 valence electrons. The number of thiophene rings is 1. The summed E-state index contributed by atoms with van der Waals surface area (Å²) in [6.45, 7) is 4.53. The highest BCUT2D eigenvalue weighted by Crippen LogP contribution is 2.29. The fourth-order valence-electron chi connectivity index (χ4n) is 1.96. The first kappa shape index (κ1) is 11.8. The molecule has 0 atom stereocenters. The summed E-state index contributed by atoms with van der Waals surface area (Å²) in [6.07, 6.45) is 0. The number of ether oxygens (including phenoxy) is 2. The highest BCUT2D eigenvalue weighted by molar-refractivity contribution is 7.08. The van der Waals surface area contributed by atoms with E-state index in [0.717, 1.165) is 25.6 Å².